The quantitative estimate of drug-likeness (QED) is 0.561. The smallest absolute Gasteiger partial charge is 0.205 e. The summed E-state index contributed by atoms with van der Waals surface area (Å²) < 4.78 is 29.4. The Hall–Kier alpha value is -0.940. The number of hydrogen-bond donors (Lipinski definition) is 0. The molecule has 0 saturated heterocycles. The maximum absolute atomic E-state index is 11.4. The van der Waals surface area contributed by atoms with Crippen LogP contribution < -0.4 is 4.57 Å². The molecule has 0 fully saturated rings. The van der Waals surface area contributed by atoms with Gasteiger partial charge in [-0.1, -0.05) is 13.3 Å². The van der Waals surface area contributed by atoms with Crippen LogP contribution in [0.1, 0.15) is 25.3 Å². The van der Waals surface area contributed by atoms with E-state index in [4.69, 9.17) is 4.18 Å². The summed E-state index contributed by atoms with van der Waals surface area (Å²) in [6, 6.07) is 3.81. The Morgan fingerprint density at radius 1 is 1.31 bits per heavy atom. The molecule has 16 heavy (non-hydrogen) atoms. The number of aromatic nitrogens is 1. The molecule has 0 bridgehead atoms. The Kier molecular flexibility index (Phi) is 4.89. The third kappa shape index (κ3) is 4.72. The van der Waals surface area contributed by atoms with Crippen molar-refractivity contribution in [1.29, 1.82) is 0 Å². The van der Waals surface area contributed by atoms with Gasteiger partial charge in [-0.3, -0.25) is 0 Å². The lowest BCUT2D eigenvalue weighted by atomic mass is 10.3. The normalized spacial score (nSPS) is 11.6. The van der Waals surface area contributed by atoms with E-state index in [1.807, 2.05) is 26.0 Å². The van der Waals surface area contributed by atoms with Crippen LogP contribution in [-0.2, 0) is 21.0 Å². The molecule has 0 N–H and O–H groups in total. The number of hydrogen-bond acceptors (Lipinski definition) is 3. The first-order valence-corrected chi connectivity index (χ1v) is 6.94. The van der Waals surface area contributed by atoms with Gasteiger partial charge >= 0.3 is 0 Å². The van der Waals surface area contributed by atoms with Crippen LogP contribution in [0.2, 0.25) is 0 Å². The minimum absolute atomic E-state index is 0.0479. The molecular formula is C11H18NO3S+. The van der Waals surface area contributed by atoms with Gasteiger partial charge in [0.1, 0.15) is 0 Å². The van der Waals surface area contributed by atoms with Gasteiger partial charge in [-0.2, -0.15) is 13.0 Å². The van der Waals surface area contributed by atoms with Crippen molar-refractivity contribution in [3.8, 4) is 0 Å². The Bertz CT molecular complexity index is 411. The van der Waals surface area contributed by atoms with E-state index in [9.17, 15) is 8.42 Å². The van der Waals surface area contributed by atoms with Crippen molar-refractivity contribution in [2.24, 2.45) is 0 Å². The minimum Gasteiger partial charge on any atom is -0.205 e. The molecule has 5 heteroatoms. The fraction of sp³-hybridized carbons (Fsp3) is 0.545. The van der Waals surface area contributed by atoms with E-state index in [1.165, 1.54) is 0 Å². The van der Waals surface area contributed by atoms with E-state index in [-0.39, 0.29) is 12.5 Å². The zero-order valence-corrected chi connectivity index (χ0v) is 10.5. The average Bonchev–Trinajstić information content (AvgIpc) is 2.26. The van der Waals surface area contributed by atoms with Crippen LogP contribution in [0.5, 0.6) is 0 Å². The summed E-state index contributed by atoms with van der Waals surface area (Å²) in [7, 11) is -3.37. The van der Waals surface area contributed by atoms with Gasteiger partial charge in [0.2, 0.25) is 0 Å². The number of nitrogens with zero attached hydrogens (tertiary/aromatic N) is 1. The zero-order chi connectivity index (χ0) is 12.0. The van der Waals surface area contributed by atoms with Crippen LogP contribution >= 0.6 is 0 Å². The molecule has 0 spiro atoms. The van der Waals surface area contributed by atoms with Gasteiger partial charge in [-0.05, 0) is 18.9 Å². The first-order valence-electron chi connectivity index (χ1n) is 5.36. The molecule has 0 aliphatic carbocycles. The highest BCUT2D eigenvalue weighted by atomic mass is 32.2. The molecule has 0 aliphatic rings. The third-order valence-electron chi connectivity index (χ3n) is 2.19. The molecule has 1 aromatic heterocycles. The summed E-state index contributed by atoms with van der Waals surface area (Å²) in [6.07, 6.45) is 5.08. The largest absolute Gasteiger partial charge is 0.272 e. The zero-order valence-electron chi connectivity index (χ0n) is 9.72. The average molecular weight is 244 g/mol. The fourth-order valence-electron chi connectivity index (χ4n) is 1.14. The fourth-order valence-corrected chi connectivity index (χ4v) is 2.18. The van der Waals surface area contributed by atoms with Crippen LogP contribution in [0.3, 0.4) is 0 Å². The molecule has 90 valence electrons. The van der Waals surface area contributed by atoms with E-state index in [1.54, 1.807) is 17.0 Å². The van der Waals surface area contributed by atoms with Crippen molar-refractivity contribution in [3.05, 3.63) is 30.1 Å². The molecule has 0 unspecified atom stereocenters. The second kappa shape index (κ2) is 5.96. The Morgan fingerprint density at radius 3 is 2.50 bits per heavy atom. The van der Waals surface area contributed by atoms with Crippen molar-refractivity contribution < 1.29 is 17.2 Å². The highest BCUT2D eigenvalue weighted by molar-refractivity contribution is 7.86. The monoisotopic (exact) mass is 244 g/mol. The Labute approximate surface area is 97.0 Å². The highest BCUT2D eigenvalue weighted by Gasteiger charge is 2.12. The SMILES string of the molecule is CCCCS(=O)(=O)OC[n+]1ccc(C)cc1. The second-order valence-electron chi connectivity index (χ2n) is 3.75. The maximum atomic E-state index is 11.4. The van der Waals surface area contributed by atoms with Gasteiger partial charge < -0.3 is 0 Å². The van der Waals surface area contributed by atoms with Gasteiger partial charge in [0.05, 0.1) is 5.75 Å². The van der Waals surface area contributed by atoms with Gasteiger partial charge in [-0.15, -0.1) is 0 Å². The van der Waals surface area contributed by atoms with Crippen molar-refractivity contribution in [2.75, 3.05) is 5.75 Å². The third-order valence-corrected chi connectivity index (χ3v) is 3.44. The molecule has 1 heterocycles. The topological polar surface area (TPSA) is 47.3 Å². The molecular weight excluding hydrogens is 226 g/mol. The molecule has 0 amide bonds. The van der Waals surface area contributed by atoms with E-state index in [2.05, 4.69) is 0 Å². The van der Waals surface area contributed by atoms with Crippen LogP contribution in [0.4, 0.5) is 0 Å². The van der Waals surface area contributed by atoms with Crippen molar-refractivity contribution in [3.63, 3.8) is 0 Å². The van der Waals surface area contributed by atoms with Crippen molar-refractivity contribution in [1.82, 2.24) is 0 Å². The molecule has 0 saturated carbocycles. The summed E-state index contributed by atoms with van der Waals surface area (Å²) in [5, 5.41) is 0. The number of pyridine rings is 1. The summed E-state index contributed by atoms with van der Waals surface area (Å²) in [4.78, 5) is 0. The molecule has 0 aliphatic heterocycles. The summed E-state index contributed by atoms with van der Waals surface area (Å²) in [6.45, 7) is 3.97. The predicted molar refractivity (Wildman–Crippen MR) is 61.2 cm³/mol. The predicted octanol–water partition coefficient (Wildman–Crippen LogP) is 1.39. The van der Waals surface area contributed by atoms with Gasteiger partial charge in [-0.25, -0.2) is 4.18 Å². The van der Waals surface area contributed by atoms with E-state index in [0.29, 0.717) is 6.42 Å². The number of rotatable bonds is 6. The summed E-state index contributed by atoms with van der Waals surface area (Å²) in [5.74, 6) is 0.0932. The lowest BCUT2D eigenvalue weighted by Gasteiger charge is -2.01. The van der Waals surface area contributed by atoms with Gasteiger partial charge in [0, 0.05) is 12.1 Å². The number of aryl methyl sites for hydroxylation is 1. The molecule has 1 rings (SSSR count). The minimum atomic E-state index is -3.37. The van der Waals surface area contributed by atoms with Crippen molar-refractivity contribution >= 4 is 10.1 Å². The second-order valence-corrected chi connectivity index (χ2v) is 5.51. The molecule has 0 atom stereocenters. The lowest BCUT2D eigenvalue weighted by Crippen LogP contribution is -2.35. The Balaban J connectivity index is 2.48. The van der Waals surface area contributed by atoms with Crippen LogP contribution in [0.15, 0.2) is 24.5 Å². The van der Waals surface area contributed by atoms with Crippen LogP contribution in [-0.4, -0.2) is 14.2 Å². The van der Waals surface area contributed by atoms with Crippen LogP contribution in [0, 0.1) is 6.92 Å². The van der Waals surface area contributed by atoms with Crippen LogP contribution in [0.25, 0.3) is 0 Å². The van der Waals surface area contributed by atoms with Gasteiger partial charge in [0.15, 0.2) is 12.4 Å². The molecule has 0 aromatic carbocycles. The van der Waals surface area contributed by atoms with E-state index in [0.717, 1.165) is 12.0 Å². The molecule has 0 radical (unpaired) electrons. The first kappa shape index (κ1) is 13.1. The first-order chi connectivity index (χ1) is 7.53. The molecule has 4 nitrogen and oxygen atoms in total. The summed E-state index contributed by atoms with van der Waals surface area (Å²) in [5.41, 5.74) is 1.13. The lowest BCUT2D eigenvalue weighted by molar-refractivity contribution is -0.724. The van der Waals surface area contributed by atoms with Crippen molar-refractivity contribution in [2.45, 2.75) is 33.4 Å². The maximum Gasteiger partial charge on any atom is 0.272 e. The van der Waals surface area contributed by atoms with E-state index >= 15 is 0 Å². The standard InChI is InChI=1S/C11H18NO3S/c1-3-4-9-16(13,14)15-10-12-7-5-11(2)6-8-12/h5-8H,3-4,9-10H2,1-2H3/q+1. The summed E-state index contributed by atoms with van der Waals surface area (Å²) >= 11 is 0. The Morgan fingerprint density at radius 2 is 1.94 bits per heavy atom. The number of unbranched alkanes of at least 4 members (excludes halogenated alkanes) is 1. The molecule has 1 aromatic rings. The highest BCUT2D eigenvalue weighted by Crippen LogP contribution is 1.99. The van der Waals surface area contributed by atoms with E-state index < -0.39 is 10.1 Å². The van der Waals surface area contributed by atoms with Gasteiger partial charge in [0.25, 0.3) is 16.8 Å².